The molecule has 0 aliphatic heterocycles. The molecule has 1 aromatic carbocycles. The maximum atomic E-state index is 11.9. The number of carbonyl (C=O) groups is 1. The molecule has 1 amide bonds. The molecule has 1 aromatic rings. The van der Waals surface area contributed by atoms with Gasteiger partial charge in [0.2, 0.25) is 0 Å². The van der Waals surface area contributed by atoms with Crippen LogP contribution in [0, 0.1) is 0 Å². The first-order valence-electron chi connectivity index (χ1n) is 6.34. The molecule has 1 N–H and O–H groups in total. The van der Waals surface area contributed by atoms with Crippen molar-refractivity contribution in [2.75, 3.05) is 40.3 Å². The van der Waals surface area contributed by atoms with Gasteiger partial charge in [0.05, 0.1) is 6.61 Å². The van der Waals surface area contributed by atoms with Crippen molar-refractivity contribution < 1.29 is 14.6 Å². The summed E-state index contributed by atoms with van der Waals surface area (Å²) in [6.07, 6.45) is -0.389. The lowest BCUT2D eigenvalue weighted by Gasteiger charge is -2.22. The zero-order valence-corrected chi connectivity index (χ0v) is 11.6. The third-order valence-corrected chi connectivity index (χ3v) is 2.65. The zero-order valence-electron chi connectivity index (χ0n) is 11.6. The van der Waals surface area contributed by atoms with Gasteiger partial charge in [0.1, 0.15) is 6.61 Å². The van der Waals surface area contributed by atoms with Crippen LogP contribution in [0.15, 0.2) is 30.3 Å². The van der Waals surface area contributed by atoms with E-state index in [4.69, 9.17) is 9.84 Å². The van der Waals surface area contributed by atoms with Crippen LogP contribution in [0.5, 0.6) is 0 Å². The monoisotopic (exact) mass is 266 g/mol. The van der Waals surface area contributed by atoms with E-state index in [0.29, 0.717) is 13.1 Å². The molecule has 5 heteroatoms. The molecular formula is C14H22N2O3. The minimum atomic E-state index is -0.389. The molecule has 0 saturated carbocycles. The van der Waals surface area contributed by atoms with Crippen molar-refractivity contribution in [2.24, 2.45) is 0 Å². The summed E-state index contributed by atoms with van der Waals surface area (Å²) in [6.45, 7) is 1.76. The third-order valence-electron chi connectivity index (χ3n) is 2.65. The number of aliphatic hydroxyl groups is 1. The number of aliphatic hydroxyl groups excluding tert-OH is 1. The van der Waals surface area contributed by atoms with Gasteiger partial charge in [0.15, 0.2) is 0 Å². The topological polar surface area (TPSA) is 53.0 Å². The van der Waals surface area contributed by atoms with Crippen LogP contribution >= 0.6 is 0 Å². The fourth-order valence-corrected chi connectivity index (χ4v) is 1.55. The normalized spacial score (nSPS) is 10.5. The molecule has 19 heavy (non-hydrogen) atoms. The average Bonchev–Trinajstić information content (AvgIpc) is 2.41. The van der Waals surface area contributed by atoms with E-state index >= 15 is 0 Å². The lowest BCUT2D eigenvalue weighted by atomic mass is 10.2. The number of benzene rings is 1. The van der Waals surface area contributed by atoms with Gasteiger partial charge >= 0.3 is 6.09 Å². The van der Waals surface area contributed by atoms with Crippen molar-refractivity contribution in [1.29, 1.82) is 0 Å². The Balaban J connectivity index is 2.43. The highest BCUT2D eigenvalue weighted by Gasteiger charge is 2.14. The van der Waals surface area contributed by atoms with Gasteiger partial charge in [0, 0.05) is 19.6 Å². The van der Waals surface area contributed by atoms with Crippen LogP contribution in [0.1, 0.15) is 5.56 Å². The lowest BCUT2D eigenvalue weighted by molar-refractivity contribution is 0.0860. The highest BCUT2D eigenvalue weighted by Crippen LogP contribution is 2.03. The van der Waals surface area contributed by atoms with Crippen LogP contribution in [0.3, 0.4) is 0 Å². The van der Waals surface area contributed by atoms with Gasteiger partial charge in [-0.2, -0.15) is 0 Å². The van der Waals surface area contributed by atoms with Gasteiger partial charge in [-0.1, -0.05) is 30.3 Å². The highest BCUT2D eigenvalue weighted by molar-refractivity contribution is 5.67. The Labute approximate surface area is 114 Å². The number of hydrogen-bond acceptors (Lipinski definition) is 4. The van der Waals surface area contributed by atoms with Crippen molar-refractivity contribution in [1.82, 2.24) is 9.80 Å². The fraction of sp³-hybridized carbons (Fsp3) is 0.500. The summed E-state index contributed by atoms with van der Waals surface area (Å²) in [5.74, 6) is 0. The highest BCUT2D eigenvalue weighted by atomic mass is 16.6. The SMILES string of the molecule is CN(C)CCN(CCO)C(=O)OCc1ccccc1. The number of ether oxygens (including phenoxy) is 1. The van der Waals surface area contributed by atoms with Crippen molar-refractivity contribution >= 4 is 6.09 Å². The van der Waals surface area contributed by atoms with E-state index in [0.717, 1.165) is 12.1 Å². The molecule has 106 valence electrons. The Kier molecular flexibility index (Phi) is 6.92. The van der Waals surface area contributed by atoms with E-state index in [1.807, 2.05) is 49.3 Å². The first-order chi connectivity index (χ1) is 9.13. The van der Waals surface area contributed by atoms with Gasteiger partial charge in [-0.15, -0.1) is 0 Å². The Morgan fingerprint density at radius 3 is 2.42 bits per heavy atom. The smallest absolute Gasteiger partial charge is 0.410 e. The predicted molar refractivity (Wildman–Crippen MR) is 73.8 cm³/mol. The Bertz CT molecular complexity index is 368. The molecule has 0 atom stereocenters. The van der Waals surface area contributed by atoms with E-state index < -0.39 is 0 Å². The summed E-state index contributed by atoms with van der Waals surface area (Å²) in [5, 5.41) is 8.97. The van der Waals surface area contributed by atoms with Gasteiger partial charge in [-0.3, -0.25) is 0 Å². The van der Waals surface area contributed by atoms with Crippen molar-refractivity contribution in [2.45, 2.75) is 6.61 Å². The second kappa shape index (κ2) is 8.50. The largest absolute Gasteiger partial charge is 0.445 e. The van der Waals surface area contributed by atoms with Gasteiger partial charge in [-0.25, -0.2) is 4.79 Å². The van der Waals surface area contributed by atoms with E-state index in [9.17, 15) is 4.79 Å². The van der Waals surface area contributed by atoms with Crippen LogP contribution < -0.4 is 0 Å². The number of likely N-dealkylation sites (N-methyl/N-ethyl adjacent to an activating group) is 1. The average molecular weight is 266 g/mol. The quantitative estimate of drug-likeness (QED) is 0.805. The van der Waals surface area contributed by atoms with Crippen LogP contribution in [-0.2, 0) is 11.3 Å². The van der Waals surface area contributed by atoms with E-state index in [1.165, 1.54) is 4.90 Å². The molecule has 0 aliphatic rings. The molecule has 0 heterocycles. The minimum Gasteiger partial charge on any atom is -0.445 e. The number of carbonyl (C=O) groups excluding carboxylic acids is 1. The standard InChI is InChI=1S/C14H22N2O3/c1-15(2)8-9-16(10-11-17)14(18)19-12-13-6-4-3-5-7-13/h3-7,17H,8-12H2,1-2H3. The van der Waals surface area contributed by atoms with Crippen LogP contribution in [0.2, 0.25) is 0 Å². The van der Waals surface area contributed by atoms with Crippen molar-refractivity contribution in [3.8, 4) is 0 Å². The van der Waals surface area contributed by atoms with Gasteiger partial charge in [0.25, 0.3) is 0 Å². The lowest BCUT2D eigenvalue weighted by Crippen LogP contribution is -2.38. The summed E-state index contributed by atoms with van der Waals surface area (Å²) >= 11 is 0. The number of nitrogens with zero attached hydrogens (tertiary/aromatic N) is 2. The number of amides is 1. The Morgan fingerprint density at radius 1 is 1.16 bits per heavy atom. The molecule has 1 rings (SSSR count). The molecule has 0 aromatic heterocycles. The molecule has 0 unspecified atom stereocenters. The van der Waals surface area contributed by atoms with Crippen LogP contribution in [0.4, 0.5) is 4.79 Å². The Hall–Kier alpha value is -1.59. The zero-order chi connectivity index (χ0) is 14.1. The summed E-state index contributed by atoms with van der Waals surface area (Å²) in [7, 11) is 3.87. The molecule has 0 radical (unpaired) electrons. The molecule has 5 nitrogen and oxygen atoms in total. The molecule has 0 aliphatic carbocycles. The van der Waals surface area contributed by atoms with Crippen molar-refractivity contribution in [3.05, 3.63) is 35.9 Å². The first kappa shape index (κ1) is 15.5. The maximum Gasteiger partial charge on any atom is 0.410 e. The van der Waals surface area contributed by atoms with Crippen LogP contribution in [-0.4, -0.2) is 61.3 Å². The summed E-state index contributed by atoms with van der Waals surface area (Å²) in [4.78, 5) is 15.4. The van der Waals surface area contributed by atoms with E-state index in [-0.39, 0.29) is 19.3 Å². The van der Waals surface area contributed by atoms with E-state index in [2.05, 4.69) is 0 Å². The molecule has 0 spiro atoms. The second-order valence-electron chi connectivity index (χ2n) is 4.55. The predicted octanol–water partition coefficient (Wildman–Crippen LogP) is 1.18. The van der Waals surface area contributed by atoms with Gasteiger partial charge < -0.3 is 19.6 Å². The fourth-order valence-electron chi connectivity index (χ4n) is 1.55. The maximum absolute atomic E-state index is 11.9. The van der Waals surface area contributed by atoms with Gasteiger partial charge in [-0.05, 0) is 19.7 Å². The van der Waals surface area contributed by atoms with Crippen LogP contribution in [0.25, 0.3) is 0 Å². The number of rotatable bonds is 7. The summed E-state index contributed by atoms with van der Waals surface area (Å²) in [6, 6.07) is 9.54. The molecule has 0 fully saturated rings. The number of hydrogen-bond donors (Lipinski definition) is 1. The molecule has 0 bridgehead atoms. The first-order valence-corrected chi connectivity index (χ1v) is 6.34. The summed E-state index contributed by atoms with van der Waals surface area (Å²) < 4.78 is 5.23. The molecular weight excluding hydrogens is 244 g/mol. The van der Waals surface area contributed by atoms with E-state index in [1.54, 1.807) is 0 Å². The minimum absolute atomic E-state index is 0.0616. The Morgan fingerprint density at radius 2 is 1.84 bits per heavy atom. The second-order valence-corrected chi connectivity index (χ2v) is 4.55. The third kappa shape index (κ3) is 6.22. The molecule has 0 saturated heterocycles. The summed E-state index contributed by atoms with van der Waals surface area (Å²) in [5.41, 5.74) is 0.951. The van der Waals surface area contributed by atoms with Crippen molar-refractivity contribution in [3.63, 3.8) is 0 Å².